The van der Waals surface area contributed by atoms with Crippen molar-refractivity contribution in [2.45, 2.75) is 5.41 Å². The summed E-state index contributed by atoms with van der Waals surface area (Å²) in [5.41, 5.74) is 17.6. The molecule has 2 aliphatic rings. The fraction of sp³-hybridized carbons (Fsp3) is 0.0169. The summed E-state index contributed by atoms with van der Waals surface area (Å²) >= 11 is 0. The Labute approximate surface area is 354 Å². The van der Waals surface area contributed by atoms with E-state index in [4.69, 9.17) is 9.97 Å². The maximum Gasteiger partial charge on any atom is 0.160 e. The molecule has 0 saturated heterocycles. The molecule has 10 aromatic carbocycles. The van der Waals surface area contributed by atoms with Crippen LogP contribution < -0.4 is 0 Å². The summed E-state index contributed by atoms with van der Waals surface area (Å²) in [6, 6.07) is 79.8. The Balaban J connectivity index is 1.05. The first-order valence-corrected chi connectivity index (χ1v) is 21.1. The lowest BCUT2D eigenvalue weighted by molar-refractivity contribution is 0.794. The molecular formula is C59H36N2. The predicted molar refractivity (Wildman–Crippen MR) is 253 cm³/mol. The molecule has 2 nitrogen and oxygen atoms in total. The first-order chi connectivity index (χ1) is 30.3. The fourth-order valence-corrected chi connectivity index (χ4v) is 10.7. The second kappa shape index (κ2) is 13.0. The van der Waals surface area contributed by atoms with Gasteiger partial charge in [0.05, 0.1) is 16.8 Å². The van der Waals surface area contributed by atoms with Crippen molar-refractivity contribution in [3.63, 3.8) is 0 Å². The van der Waals surface area contributed by atoms with Crippen molar-refractivity contribution in [2.24, 2.45) is 0 Å². The van der Waals surface area contributed by atoms with Crippen LogP contribution in [0.4, 0.5) is 0 Å². The van der Waals surface area contributed by atoms with E-state index in [0.29, 0.717) is 5.82 Å². The lowest BCUT2D eigenvalue weighted by atomic mass is 9.70. The van der Waals surface area contributed by atoms with E-state index >= 15 is 0 Å². The average Bonchev–Trinajstić information content (AvgIpc) is 3.81. The van der Waals surface area contributed by atoms with Crippen LogP contribution in [0.5, 0.6) is 0 Å². The lowest BCUT2D eigenvalue weighted by Crippen LogP contribution is -2.25. The molecule has 0 radical (unpaired) electrons. The van der Waals surface area contributed by atoms with Crippen LogP contribution in [0, 0.1) is 0 Å². The van der Waals surface area contributed by atoms with Gasteiger partial charge in [0, 0.05) is 16.7 Å². The molecule has 1 spiro atoms. The molecule has 0 saturated carbocycles. The van der Waals surface area contributed by atoms with Crippen molar-refractivity contribution in [1.82, 2.24) is 9.97 Å². The SMILES string of the molecule is c1ccc(-c2cc(-c3ccccc3)nc(-c3ccc4c(c3)c3ccccc3c3cccc(-c5ccc6c(c5)C5(c7ccccc7-c7ccccc75)c5ccccc5-6)c34)n2)cc1. The Kier molecular flexibility index (Phi) is 7.26. The predicted octanol–water partition coefficient (Wildman–Crippen LogP) is 14.9. The smallest absolute Gasteiger partial charge is 0.160 e. The van der Waals surface area contributed by atoms with Gasteiger partial charge < -0.3 is 0 Å². The number of fused-ring (bicyclic) bond motifs is 16. The van der Waals surface area contributed by atoms with Crippen molar-refractivity contribution < 1.29 is 0 Å². The van der Waals surface area contributed by atoms with Gasteiger partial charge in [-0.1, -0.05) is 200 Å². The third-order valence-electron chi connectivity index (χ3n) is 13.3. The zero-order valence-electron chi connectivity index (χ0n) is 33.2. The van der Waals surface area contributed by atoms with E-state index in [9.17, 15) is 0 Å². The summed E-state index contributed by atoms with van der Waals surface area (Å²) in [5.74, 6) is 0.709. The summed E-state index contributed by atoms with van der Waals surface area (Å²) < 4.78 is 0. The molecule has 13 rings (SSSR count). The van der Waals surface area contributed by atoms with Crippen LogP contribution in [-0.2, 0) is 5.41 Å². The number of nitrogens with zero attached hydrogens (tertiary/aromatic N) is 2. The largest absolute Gasteiger partial charge is 0.228 e. The van der Waals surface area contributed by atoms with Gasteiger partial charge in [-0.3, -0.25) is 0 Å². The van der Waals surface area contributed by atoms with Crippen molar-refractivity contribution in [3.8, 4) is 67.3 Å². The number of hydrogen-bond acceptors (Lipinski definition) is 2. The van der Waals surface area contributed by atoms with Crippen molar-refractivity contribution in [2.75, 3.05) is 0 Å². The van der Waals surface area contributed by atoms with E-state index in [1.807, 2.05) is 12.1 Å². The molecule has 1 aromatic heterocycles. The highest BCUT2D eigenvalue weighted by atomic mass is 14.9. The molecule has 2 heteroatoms. The van der Waals surface area contributed by atoms with Crippen LogP contribution in [0.2, 0.25) is 0 Å². The molecule has 282 valence electrons. The number of benzene rings is 10. The molecule has 11 aromatic rings. The van der Waals surface area contributed by atoms with Crippen molar-refractivity contribution in [3.05, 3.63) is 241 Å². The van der Waals surface area contributed by atoms with E-state index in [1.54, 1.807) is 0 Å². The van der Waals surface area contributed by atoms with Gasteiger partial charge in [-0.25, -0.2) is 9.97 Å². The lowest BCUT2D eigenvalue weighted by Gasteiger charge is -2.30. The van der Waals surface area contributed by atoms with Crippen LogP contribution in [0.15, 0.2) is 218 Å². The fourth-order valence-electron chi connectivity index (χ4n) is 10.7. The molecule has 2 aliphatic carbocycles. The highest BCUT2D eigenvalue weighted by molar-refractivity contribution is 6.28. The first-order valence-electron chi connectivity index (χ1n) is 21.1. The van der Waals surface area contributed by atoms with Crippen LogP contribution in [-0.4, -0.2) is 9.97 Å². The second-order valence-corrected chi connectivity index (χ2v) is 16.4. The minimum absolute atomic E-state index is 0.406. The van der Waals surface area contributed by atoms with E-state index < -0.39 is 5.41 Å². The summed E-state index contributed by atoms with van der Waals surface area (Å²) in [6.07, 6.45) is 0. The van der Waals surface area contributed by atoms with Gasteiger partial charge in [-0.2, -0.15) is 0 Å². The van der Waals surface area contributed by atoms with Crippen LogP contribution >= 0.6 is 0 Å². The number of aromatic nitrogens is 2. The Morgan fingerprint density at radius 2 is 0.721 bits per heavy atom. The van der Waals surface area contributed by atoms with E-state index in [-0.39, 0.29) is 0 Å². The van der Waals surface area contributed by atoms with E-state index in [0.717, 1.165) is 28.1 Å². The van der Waals surface area contributed by atoms with E-state index in [2.05, 4.69) is 206 Å². The minimum Gasteiger partial charge on any atom is -0.228 e. The number of hydrogen-bond donors (Lipinski definition) is 0. The van der Waals surface area contributed by atoms with Crippen LogP contribution in [0.1, 0.15) is 22.3 Å². The molecule has 0 aliphatic heterocycles. The maximum absolute atomic E-state index is 5.22. The Hall–Kier alpha value is -7.94. The summed E-state index contributed by atoms with van der Waals surface area (Å²) in [5, 5.41) is 7.35. The molecular weight excluding hydrogens is 737 g/mol. The van der Waals surface area contributed by atoms with Crippen LogP contribution in [0.25, 0.3) is 99.6 Å². The van der Waals surface area contributed by atoms with Crippen LogP contribution in [0.3, 0.4) is 0 Å². The van der Waals surface area contributed by atoms with Gasteiger partial charge >= 0.3 is 0 Å². The minimum atomic E-state index is -0.406. The summed E-state index contributed by atoms with van der Waals surface area (Å²) in [4.78, 5) is 10.4. The van der Waals surface area contributed by atoms with E-state index in [1.165, 1.54) is 88.0 Å². The average molecular weight is 773 g/mol. The highest BCUT2D eigenvalue weighted by Crippen LogP contribution is 2.63. The highest BCUT2D eigenvalue weighted by Gasteiger charge is 2.51. The molecule has 0 atom stereocenters. The Bertz CT molecular complexity index is 3470. The molecule has 0 amide bonds. The Morgan fingerprint density at radius 1 is 0.262 bits per heavy atom. The van der Waals surface area contributed by atoms with Gasteiger partial charge in [0.1, 0.15) is 0 Å². The van der Waals surface area contributed by atoms with Gasteiger partial charge in [0.2, 0.25) is 0 Å². The standard InChI is InChI=1S/C59H36N2/c1-3-16-37(17-4-1)55-36-56(38-18-5-2-6-19-38)61-58(60-55)40-31-33-49-50(34-40)43-21-8-7-20-42(43)48-26-15-25-41(57(48)49)39-30-32-47-46-24-11-14-29-53(46)59(54(47)35-39)51-27-12-9-22-44(51)45-23-10-13-28-52(45)59/h1-36H. The quantitative estimate of drug-likeness (QED) is 0.167. The summed E-state index contributed by atoms with van der Waals surface area (Å²) in [7, 11) is 0. The van der Waals surface area contributed by atoms with Crippen molar-refractivity contribution in [1.29, 1.82) is 0 Å². The molecule has 0 fully saturated rings. The van der Waals surface area contributed by atoms with Gasteiger partial charge in [0.15, 0.2) is 5.82 Å². The van der Waals surface area contributed by atoms with Gasteiger partial charge in [-0.15, -0.1) is 0 Å². The molecule has 0 N–H and O–H groups in total. The third-order valence-corrected chi connectivity index (χ3v) is 13.3. The zero-order valence-corrected chi connectivity index (χ0v) is 33.2. The summed E-state index contributed by atoms with van der Waals surface area (Å²) in [6.45, 7) is 0. The molecule has 61 heavy (non-hydrogen) atoms. The van der Waals surface area contributed by atoms with Gasteiger partial charge in [-0.05, 0) is 106 Å². The molecule has 1 heterocycles. The second-order valence-electron chi connectivity index (χ2n) is 16.4. The van der Waals surface area contributed by atoms with Crippen molar-refractivity contribution >= 4 is 32.3 Å². The monoisotopic (exact) mass is 772 g/mol. The normalized spacial score (nSPS) is 13.0. The molecule has 0 unspecified atom stereocenters. The molecule has 0 bridgehead atoms. The zero-order chi connectivity index (χ0) is 40.1. The topological polar surface area (TPSA) is 25.8 Å². The number of rotatable bonds is 4. The maximum atomic E-state index is 5.22. The Morgan fingerprint density at radius 3 is 1.33 bits per heavy atom. The van der Waals surface area contributed by atoms with Gasteiger partial charge in [0.25, 0.3) is 0 Å². The third kappa shape index (κ3) is 4.85. The first kappa shape index (κ1) is 34.0.